The van der Waals surface area contributed by atoms with E-state index >= 15 is 0 Å². The second-order valence-corrected chi connectivity index (χ2v) is 5.44. The Morgan fingerprint density at radius 2 is 2.28 bits per heavy atom. The molecule has 94 valence electrons. The number of aromatic amines is 1. The van der Waals surface area contributed by atoms with Crippen molar-refractivity contribution in [2.75, 3.05) is 23.7 Å². The Balaban J connectivity index is 1.60. The van der Waals surface area contributed by atoms with Crippen molar-refractivity contribution in [2.45, 2.75) is 18.0 Å². The molecule has 0 aliphatic carbocycles. The van der Waals surface area contributed by atoms with Gasteiger partial charge in [-0.3, -0.25) is 5.10 Å². The van der Waals surface area contributed by atoms with Crippen LogP contribution in [0.1, 0.15) is 12.0 Å². The lowest BCUT2D eigenvalue weighted by Crippen LogP contribution is -2.31. The molecule has 0 bridgehead atoms. The molecule has 5 heteroatoms. The van der Waals surface area contributed by atoms with E-state index < -0.39 is 0 Å². The largest absolute Gasteiger partial charge is 0.370 e. The molecule has 0 radical (unpaired) electrons. The Labute approximate surface area is 111 Å². The van der Waals surface area contributed by atoms with E-state index in [9.17, 15) is 0 Å². The van der Waals surface area contributed by atoms with Crippen LogP contribution in [0.4, 0.5) is 5.69 Å². The van der Waals surface area contributed by atoms with Crippen molar-refractivity contribution in [1.82, 2.24) is 15.2 Å². The van der Waals surface area contributed by atoms with Gasteiger partial charge in [-0.1, -0.05) is 30.0 Å². The summed E-state index contributed by atoms with van der Waals surface area (Å²) < 4.78 is 0. The fraction of sp³-hybridized carbons (Fsp3) is 0.385. The van der Waals surface area contributed by atoms with Gasteiger partial charge in [-0.15, -0.1) is 0 Å². The van der Waals surface area contributed by atoms with E-state index in [1.54, 1.807) is 18.1 Å². The molecule has 1 N–H and O–H groups in total. The molecule has 1 aliphatic heterocycles. The van der Waals surface area contributed by atoms with Crippen LogP contribution in [0.15, 0.2) is 35.7 Å². The van der Waals surface area contributed by atoms with E-state index in [0.29, 0.717) is 0 Å². The molecular weight excluding hydrogens is 244 g/mol. The van der Waals surface area contributed by atoms with Crippen LogP contribution in [0.3, 0.4) is 0 Å². The summed E-state index contributed by atoms with van der Waals surface area (Å²) >= 11 is 1.72. The van der Waals surface area contributed by atoms with Crippen LogP contribution < -0.4 is 4.90 Å². The molecule has 0 spiro atoms. The summed E-state index contributed by atoms with van der Waals surface area (Å²) in [5.74, 6) is 1.03. The van der Waals surface area contributed by atoms with E-state index in [1.165, 1.54) is 24.1 Å². The second-order valence-electron chi connectivity index (χ2n) is 4.36. The number of nitrogens with zero attached hydrogens (tertiary/aromatic N) is 3. The smallest absolute Gasteiger partial charge is 0.183 e. The number of fused-ring (bicyclic) bond motifs is 1. The third-order valence-corrected chi connectivity index (χ3v) is 4.06. The summed E-state index contributed by atoms with van der Waals surface area (Å²) in [6.45, 7) is 2.22. The van der Waals surface area contributed by atoms with Crippen LogP contribution >= 0.6 is 11.8 Å². The quantitative estimate of drug-likeness (QED) is 0.857. The van der Waals surface area contributed by atoms with Crippen molar-refractivity contribution in [3.63, 3.8) is 0 Å². The first-order valence-corrected chi connectivity index (χ1v) is 7.23. The predicted octanol–water partition coefficient (Wildman–Crippen LogP) is 2.35. The van der Waals surface area contributed by atoms with E-state index in [0.717, 1.165) is 24.0 Å². The molecule has 18 heavy (non-hydrogen) atoms. The number of H-pyrrole nitrogens is 1. The number of hydrogen-bond donors (Lipinski definition) is 1. The number of anilines is 1. The minimum Gasteiger partial charge on any atom is -0.370 e. The van der Waals surface area contributed by atoms with E-state index in [4.69, 9.17) is 0 Å². The molecule has 2 heterocycles. The fourth-order valence-corrected chi connectivity index (χ4v) is 3.10. The standard InChI is InChI=1S/C13H16N4S/c1-2-6-12-11(4-1)5-3-7-17(12)8-9-18-13-14-10-15-16-13/h1-2,4,6,10H,3,5,7-9H2,(H,14,15,16). The van der Waals surface area contributed by atoms with Crippen LogP contribution in [0.25, 0.3) is 0 Å². The van der Waals surface area contributed by atoms with E-state index in [1.807, 2.05) is 0 Å². The van der Waals surface area contributed by atoms with Crippen molar-refractivity contribution < 1.29 is 0 Å². The number of aromatic nitrogens is 3. The number of aryl methyl sites for hydroxylation is 1. The number of rotatable bonds is 4. The molecule has 1 aliphatic rings. The normalized spacial score (nSPS) is 14.6. The number of hydrogen-bond acceptors (Lipinski definition) is 4. The third kappa shape index (κ3) is 2.51. The summed E-state index contributed by atoms with van der Waals surface area (Å²) in [5, 5.41) is 7.63. The van der Waals surface area contributed by atoms with Gasteiger partial charge in [0.1, 0.15) is 6.33 Å². The topological polar surface area (TPSA) is 44.8 Å². The maximum Gasteiger partial charge on any atom is 0.183 e. The highest BCUT2D eigenvalue weighted by Gasteiger charge is 2.15. The van der Waals surface area contributed by atoms with Crippen LogP contribution in [0.5, 0.6) is 0 Å². The third-order valence-electron chi connectivity index (χ3n) is 3.20. The van der Waals surface area contributed by atoms with Crippen molar-refractivity contribution in [2.24, 2.45) is 0 Å². The zero-order valence-corrected chi connectivity index (χ0v) is 11.0. The Kier molecular flexibility index (Phi) is 3.50. The van der Waals surface area contributed by atoms with Gasteiger partial charge in [0.05, 0.1) is 0 Å². The molecule has 0 amide bonds. The summed E-state index contributed by atoms with van der Waals surface area (Å²) in [6.07, 6.45) is 4.02. The fourth-order valence-electron chi connectivity index (χ4n) is 2.36. The lowest BCUT2D eigenvalue weighted by atomic mass is 10.0. The minimum absolute atomic E-state index is 0.903. The Morgan fingerprint density at radius 3 is 3.17 bits per heavy atom. The molecular formula is C13H16N4S. The zero-order valence-electron chi connectivity index (χ0n) is 10.2. The van der Waals surface area contributed by atoms with Gasteiger partial charge in [0.25, 0.3) is 0 Å². The van der Waals surface area contributed by atoms with Crippen molar-refractivity contribution in [3.8, 4) is 0 Å². The van der Waals surface area contributed by atoms with Crippen LogP contribution in [0, 0.1) is 0 Å². The van der Waals surface area contributed by atoms with E-state index in [-0.39, 0.29) is 0 Å². The first-order chi connectivity index (χ1) is 8.93. The van der Waals surface area contributed by atoms with Gasteiger partial charge < -0.3 is 4.90 Å². The Bertz CT molecular complexity index is 497. The summed E-state index contributed by atoms with van der Waals surface area (Å²) in [5.41, 5.74) is 2.88. The molecule has 0 saturated carbocycles. The molecule has 1 aromatic carbocycles. The molecule has 2 aromatic rings. The van der Waals surface area contributed by atoms with Crippen LogP contribution in [-0.4, -0.2) is 34.0 Å². The minimum atomic E-state index is 0.903. The molecule has 0 unspecified atom stereocenters. The highest BCUT2D eigenvalue weighted by Crippen LogP contribution is 2.26. The lowest BCUT2D eigenvalue weighted by molar-refractivity contribution is 0.710. The average Bonchev–Trinajstić information content (AvgIpc) is 2.92. The number of para-hydroxylation sites is 1. The van der Waals surface area contributed by atoms with Crippen molar-refractivity contribution >= 4 is 17.4 Å². The van der Waals surface area contributed by atoms with Crippen molar-refractivity contribution in [3.05, 3.63) is 36.2 Å². The summed E-state index contributed by atoms with van der Waals surface area (Å²) in [6, 6.07) is 8.73. The van der Waals surface area contributed by atoms with Gasteiger partial charge in [0, 0.05) is 24.5 Å². The maximum absolute atomic E-state index is 4.12. The highest BCUT2D eigenvalue weighted by molar-refractivity contribution is 7.99. The predicted molar refractivity (Wildman–Crippen MR) is 74.1 cm³/mol. The van der Waals surface area contributed by atoms with Crippen LogP contribution in [0.2, 0.25) is 0 Å². The first kappa shape index (κ1) is 11.6. The SMILES string of the molecule is c1ccc2c(c1)CCCN2CCSc1ncn[nH]1. The van der Waals surface area contributed by atoms with Gasteiger partial charge >= 0.3 is 0 Å². The lowest BCUT2D eigenvalue weighted by Gasteiger charge is -2.31. The molecule has 4 nitrogen and oxygen atoms in total. The monoisotopic (exact) mass is 260 g/mol. The molecule has 0 saturated heterocycles. The Morgan fingerprint density at radius 1 is 1.33 bits per heavy atom. The number of nitrogens with one attached hydrogen (secondary N) is 1. The zero-order chi connectivity index (χ0) is 12.2. The van der Waals surface area contributed by atoms with Gasteiger partial charge in [-0.05, 0) is 24.5 Å². The summed E-state index contributed by atoms with van der Waals surface area (Å²) in [7, 11) is 0. The van der Waals surface area contributed by atoms with Crippen LogP contribution in [-0.2, 0) is 6.42 Å². The molecule has 0 atom stereocenters. The van der Waals surface area contributed by atoms with Gasteiger partial charge in [0.15, 0.2) is 5.16 Å². The average molecular weight is 260 g/mol. The molecule has 1 aromatic heterocycles. The van der Waals surface area contributed by atoms with Crippen molar-refractivity contribution in [1.29, 1.82) is 0 Å². The van der Waals surface area contributed by atoms with Gasteiger partial charge in [-0.25, -0.2) is 4.98 Å². The Hall–Kier alpha value is -1.49. The molecule has 0 fully saturated rings. The maximum atomic E-state index is 4.12. The highest BCUT2D eigenvalue weighted by atomic mass is 32.2. The summed E-state index contributed by atoms with van der Waals surface area (Å²) in [4.78, 5) is 6.60. The first-order valence-electron chi connectivity index (χ1n) is 6.24. The number of thioether (sulfide) groups is 1. The van der Waals surface area contributed by atoms with Gasteiger partial charge in [0.2, 0.25) is 0 Å². The molecule has 3 rings (SSSR count). The number of benzene rings is 1. The van der Waals surface area contributed by atoms with Gasteiger partial charge in [-0.2, -0.15) is 5.10 Å². The second kappa shape index (κ2) is 5.44. The van der Waals surface area contributed by atoms with E-state index in [2.05, 4.69) is 44.3 Å².